The maximum absolute atomic E-state index is 10.8. The molecule has 0 saturated heterocycles. The lowest BCUT2D eigenvalue weighted by Crippen LogP contribution is -2.06. The highest BCUT2D eigenvalue weighted by atomic mass is 35.5. The summed E-state index contributed by atoms with van der Waals surface area (Å²) in [4.78, 5) is 10.8. The number of anilines is 1. The van der Waals surface area contributed by atoms with Crippen LogP contribution < -0.4 is 5.32 Å². The number of carbonyl (C=O) groups is 1. The lowest BCUT2D eigenvalue weighted by Gasteiger charge is -2.08. The molecule has 0 radical (unpaired) electrons. The van der Waals surface area contributed by atoms with Gasteiger partial charge in [-0.05, 0) is 31.0 Å². The second-order valence-corrected chi connectivity index (χ2v) is 4.65. The first-order valence-corrected chi connectivity index (χ1v) is 6.86. The molecular formula is C14H20ClNO4. The Morgan fingerprint density at radius 2 is 2.10 bits per heavy atom. The minimum absolute atomic E-state index is 0.115. The average molecular weight is 302 g/mol. The molecule has 20 heavy (non-hydrogen) atoms. The van der Waals surface area contributed by atoms with E-state index in [4.69, 9.17) is 26.2 Å². The van der Waals surface area contributed by atoms with Crippen molar-refractivity contribution < 1.29 is 19.4 Å². The highest BCUT2D eigenvalue weighted by Gasteiger charge is 2.08. The fraction of sp³-hybridized carbons (Fsp3) is 0.500. The van der Waals surface area contributed by atoms with Crippen LogP contribution in [0.2, 0.25) is 5.02 Å². The van der Waals surface area contributed by atoms with Gasteiger partial charge in [0, 0.05) is 25.9 Å². The zero-order valence-electron chi connectivity index (χ0n) is 11.5. The molecule has 0 spiro atoms. The van der Waals surface area contributed by atoms with Crippen molar-refractivity contribution in [1.82, 2.24) is 0 Å². The molecule has 6 heteroatoms. The Balaban J connectivity index is 2.19. The van der Waals surface area contributed by atoms with Gasteiger partial charge in [0.15, 0.2) is 0 Å². The molecule has 0 aliphatic rings. The van der Waals surface area contributed by atoms with Crippen molar-refractivity contribution in [3.05, 3.63) is 28.8 Å². The molecular weight excluding hydrogens is 282 g/mol. The van der Waals surface area contributed by atoms with Crippen molar-refractivity contribution in [2.75, 3.05) is 38.8 Å². The number of benzene rings is 1. The first-order valence-electron chi connectivity index (χ1n) is 6.48. The van der Waals surface area contributed by atoms with Gasteiger partial charge in [-0.2, -0.15) is 0 Å². The van der Waals surface area contributed by atoms with Crippen LogP contribution in [0.3, 0.4) is 0 Å². The molecule has 0 atom stereocenters. The average Bonchev–Trinajstić information content (AvgIpc) is 2.41. The third-order valence-corrected chi connectivity index (χ3v) is 2.99. The Hall–Kier alpha value is -1.30. The van der Waals surface area contributed by atoms with E-state index in [0.717, 1.165) is 25.1 Å². The van der Waals surface area contributed by atoms with E-state index in [0.29, 0.717) is 19.8 Å². The first kappa shape index (κ1) is 16.8. The van der Waals surface area contributed by atoms with Gasteiger partial charge in [-0.25, -0.2) is 4.79 Å². The Bertz CT molecular complexity index is 426. The molecule has 0 heterocycles. The van der Waals surface area contributed by atoms with E-state index in [1.807, 2.05) is 0 Å². The van der Waals surface area contributed by atoms with Gasteiger partial charge in [-0.1, -0.05) is 11.6 Å². The highest BCUT2D eigenvalue weighted by molar-refractivity contribution is 6.33. The zero-order valence-corrected chi connectivity index (χ0v) is 12.3. The second kappa shape index (κ2) is 9.58. The topological polar surface area (TPSA) is 67.8 Å². The van der Waals surface area contributed by atoms with E-state index in [2.05, 4.69) is 5.32 Å². The SMILES string of the molecule is COCCOCCCCNc1ccc(C(=O)O)c(Cl)c1. The third-order valence-electron chi connectivity index (χ3n) is 2.68. The smallest absolute Gasteiger partial charge is 0.337 e. The fourth-order valence-corrected chi connectivity index (χ4v) is 1.87. The lowest BCUT2D eigenvalue weighted by atomic mass is 10.2. The Kier molecular flexibility index (Phi) is 8.02. The lowest BCUT2D eigenvalue weighted by molar-refractivity contribution is 0.0691. The predicted octanol–water partition coefficient (Wildman–Crippen LogP) is 2.89. The molecule has 0 aliphatic heterocycles. The summed E-state index contributed by atoms with van der Waals surface area (Å²) in [6.45, 7) is 2.74. The highest BCUT2D eigenvalue weighted by Crippen LogP contribution is 2.20. The minimum Gasteiger partial charge on any atom is -0.478 e. The fourth-order valence-electron chi connectivity index (χ4n) is 1.60. The quantitative estimate of drug-likeness (QED) is 0.650. The molecule has 112 valence electrons. The van der Waals surface area contributed by atoms with E-state index in [1.165, 1.54) is 6.07 Å². The van der Waals surface area contributed by atoms with Crippen LogP contribution in [0.1, 0.15) is 23.2 Å². The molecule has 0 aromatic heterocycles. The molecule has 0 fully saturated rings. The zero-order chi connectivity index (χ0) is 14.8. The number of aromatic carboxylic acids is 1. The summed E-state index contributed by atoms with van der Waals surface area (Å²) in [5.41, 5.74) is 0.934. The molecule has 0 saturated carbocycles. The van der Waals surface area contributed by atoms with Crippen molar-refractivity contribution in [2.24, 2.45) is 0 Å². The molecule has 1 rings (SSSR count). The van der Waals surface area contributed by atoms with Gasteiger partial charge in [0.05, 0.1) is 23.8 Å². The number of hydrogen-bond donors (Lipinski definition) is 2. The van der Waals surface area contributed by atoms with Gasteiger partial charge in [-0.3, -0.25) is 0 Å². The molecule has 2 N–H and O–H groups in total. The van der Waals surface area contributed by atoms with Crippen molar-refractivity contribution in [3.63, 3.8) is 0 Å². The van der Waals surface area contributed by atoms with Crippen molar-refractivity contribution in [2.45, 2.75) is 12.8 Å². The first-order chi connectivity index (χ1) is 9.65. The summed E-state index contributed by atoms with van der Waals surface area (Å²) in [6, 6.07) is 4.84. The van der Waals surface area contributed by atoms with Crippen LogP contribution in [0.5, 0.6) is 0 Å². The Morgan fingerprint density at radius 1 is 1.30 bits per heavy atom. The summed E-state index contributed by atoms with van der Waals surface area (Å²) in [7, 11) is 1.65. The Morgan fingerprint density at radius 3 is 2.75 bits per heavy atom. The number of hydrogen-bond acceptors (Lipinski definition) is 4. The van der Waals surface area contributed by atoms with E-state index in [1.54, 1.807) is 19.2 Å². The standard InChI is InChI=1S/C14H20ClNO4/c1-19-8-9-20-7-3-2-6-16-11-4-5-12(14(17)18)13(15)10-11/h4-5,10,16H,2-3,6-9H2,1H3,(H,17,18). The monoisotopic (exact) mass is 301 g/mol. The maximum Gasteiger partial charge on any atom is 0.337 e. The normalized spacial score (nSPS) is 10.5. The molecule has 1 aromatic carbocycles. The van der Waals surface area contributed by atoms with Crippen molar-refractivity contribution in [1.29, 1.82) is 0 Å². The van der Waals surface area contributed by atoms with E-state index >= 15 is 0 Å². The van der Waals surface area contributed by atoms with Gasteiger partial charge in [0.25, 0.3) is 0 Å². The van der Waals surface area contributed by atoms with E-state index in [9.17, 15) is 4.79 Å². The largest absolute Gasteiger partial charge is 0.478 e. The van der Waals surface area contributed by atoms with Crippen molar-refractivity contribution >= 4 is 23.3 Å². The minimum atomic E-state index is -1.02. The van der Waals surface area contributed by atoms with Gasteiger partial charge in [0.2, 0.25) is 0 Å². The van der Waals surface area contributed by atoms with Crippen LogP contribution in [-0.4, -0.2) is 44.6 Å². The summed E-state index contributed by atoms with van der Waals surface area (Å²) in [5, 5.41) is 12.3. The molecule has 0 bridgehead atoms. The molecule has 1 aromatic rings. The molecule has 5 nitrogen and oxygen atoms in total. The van der Waals surface area contributed by atoms with Gasteiger partial charge < -0.3 is 19.9 Å². The van der Waals surface area contributed by atoms with Gasteiger partial charge in [0.1, 0.15) is 0 Å². The second-order valence-electron chi connectivity index (χ2n) is 4.24. The summed E-state index contributed by atoms with van der Waals surface area (Å²) >= 11 is 5.88. The number of nitrogens with one attached hydrogen (secondary N) is 1. The maximum atomic E-state index is 10.8. The van der Waals surface area contributed by atoms with E-state index < -0.39 is 5.97 Å². The summed E-state index contributed by atoms with van der Waals surface area (Å²) in [6.07, 6.45) is 1.92. The Labute approximate surface area is 123 Å². The number of carboxylic acids is 1. The number of methoxy groups -OCH3 is 1. The molecule has 0 amide bonds. The van der Waals surface area contributed by atoms with E-state index in [-0.39, 0.29) is 10.6 Å². The van der Waals surface area contributed by atoms with Crippen molar-refractivity contribution in [3.8, 4) is 0 Å². The van der Waals surface area contributed by atoms with Crippen LogP contribution in [0.15, 0.2) is 18.2 Å². The van der Waals surface area contributed by atoms with Crippen LogP contribution in [0.4, 0.5) is 5.69 Å². The number of unbranched alkanes of at least 4 members (excludes halogenated alkanes) is 1. The predicted molar refractivity (Wildman–Crippen MR) is 78.8 cm³/mol. The number of rotatable bonds is 10. The summed E-state index contributed by atoms with van der Waals surface area (Å²) in [5.74, 6) is -1.02. The van der Waals surface area contributed by atoms with Crippen LogP contribution >= 0.6 is 11.6 Å². The van der Waals surface area contributed by atoms with Gasteiger partial charge >= 0.3 is 5.97 Å². The third kappa shape index (κ3) is 6.23. The summed E-state index contributed by atoms with van der Waals surface area (Å²) < 4.78 is 10.2. The van der Waals surface area contributed by atoms with Gasteiger partial charge in [-0.15, -0.1) is 0 Å². The van der Waals surface area contributed by atoms with Crippen LogP contribution in [0.25, 0.3) is 0 Å². The molecule has 0 unspecified atom stereocenters. The number of halogens is 1. The molecule has 0 aliphatic carbocycles. The number of ether oxygens (including phenoxy) is 2. The van der Waals surface area contributed by atoms with Crippen LogP contribution in [0, 0.1) is 0 Å². The van der Waals surface area contributed by atoms with Crippen LogP contribution in [-0.2, 0) is 9.47 Å². The number of carboxylic acid groups (broad SMARTS) is 1.